The van der Waals surface area contributed by atoms with Gasteiger partial charge in [-0.15, -0.1) is 0 Å². The molecule has 1 N–H and O–H groups in total. The maximum Gasteiger partial charge on any atom is 0.251 e. The third kappa shape index (κ3) is 2.09. The van der Waals surface area contributed by atoms with Gasteiger partial charge in [-0.25, -0.2) is 9.97 Å². The Kier molecular flexibility index (Phi) is 2.77. The van der Waals surface area contributed by atoms with Crippen LogP contribution in [0, 0.1) is 0 Å². The molecule has 3 heterocycles. The molecule has 1 aliphatic heterocycles. The van der Waals surface area contributed by atoms with E-state index in [2.05, 4.69) is 25.2 Å². The van der Waals surface area contributed by atoms with E-state index in [4.69, 9.17) is 9.84 Å². The highest BCUT2D eigenvalue weighted by molar-refractivity contribution is 5.43. The fourth-order valence-electron chi connectivity index (χ4n) is 1.79. The number of aromatic hydroxyl groups is 1. The Morgan fingerprint density at radius 3 is 2.67 bits per heavy atom. The van der Waals surface area contributed by atoms with Crippen molar-refractivity contribution in [1.82, 2.24) is 25.0 Å². The quantitative estimate of drug-likeness (QED) is 0.773. The Balaban J connectivity index is 1.88. The van der Waals surface area contributed by atoms with E-state index in [1.54, 1.807) is 6.07 Å². The van der Waals surface area contributed by atoms with E-state index in [9.17, 15) is 0 Å². The SMILES string of the molecule is Oc1cn(-c2cc(N3CCOCC3)ncn2)nn1. The summed E-state index contributed by atoms with van der Waals surface area (Å²) in [5.74, 6) is 1.25. The summed E-state index contributed by atoms with van der Waals surface area (Å²) in [6.07, 6.45) is 2.87. The molecule has 8 nitrogen and oxygen atoms in total. The van der Waals surface area contributed by atoms with Gasteiger partial charge in [0.05, 0.1) is 19.4 Å². The highest BCUT2D eigenvalue weighted by Crippen LogP contribution is 2.15. The molecule has 1 aliphatic rings. The van der Waals surface area contributed by atoms with Crippen molar-refractivity contribution >= 4 is 5.82 Å². The van der Waals surface area contributed by atoms with Crippen LogP contribution in [0.4, 0.5) is 5.82 Å². The Labute approximate surface area is 103 Å². The van der Waals surface area contributed by atoms with Gasteiger partial charge in [-0.2, -0.15) is 4.68 Å². The molecule has 18 heavy (non-hydrogen) atoms. The number of anilines is 1. The Hall–Kier alpha value is -2.22. The monoisotopic (exact) mass is 248 g/mol. The van der Waals surface area contributed by atoms with Crippen LogP contribution >= 0.6 is 0 Å². The molecule has 0 atom stereocenters. The van der Waals surface area contributed by atoms with Gasteiger partial charge in [-0.05, 0) is 0 Å². The van der Waals surface area contributed by atoms with Gasteiger partial charge >= 0.3 is 0 Å². The maximum absolute atomic E-state index is 9.17. The molecule has 2 aromatic heterocycles. The summed E-state index contributed by atoms with van der Waals surface area (Å²) in [5.41, 5.74) is 0. The van der Waals surface area contributed by atoms with Gasteiger partial charge in [0, 0.05) is 19.2 Å². The largest absolute Gasteiger partial charge is 0.491 e. The lowest BCUT2D eigenvalue weighted by atomic mass is 10.4. The maximum atomic E-state index is 9.17. The Bertz CT molecular complexity index is 537. The van der Waals surface area contributed by atoms with Crippen molar-refractivity contribution in [3.05, 3.63) is 18.6 Å². The van der Waals surface area contributed by atoms with E-state index in [1.807, 2.05) is 0 Å². The smallest absolute Gasteiger partial charge is 0.251 e. The third-order valence-electron chi connectivity index (χ3n) is 2.69. The highest BCUT2D eigenvalue weighted by atomic mass is 16.5. The molecule has 0 unspecified atom stereocenters. The molecule has 0 saturated carbocycles. The first-order chi connectivity index (χ1) is 8.83. The van der Waals surface area contributed by atoms with Gasteiger partial charge in [-0.1, -0.05) is 10.3 Å². The molecular formula is C10H12N6O2. The summed E-state index contributed by atoms with van der Waals surface area (Å²) < 4.78 is 6.70. The van der Waals surface area contributed by atoms with Crippen molar-refractivity contribution in [2.45, 2.75) is 0 Å². The van der Waals surface area contributed by atoms with E-state index in [-0.39, 0.29) is 5.88 Å². The first-order valence-electron chi connectivity index (χ1n) is 5.59. The summed E-state index contributed by atoms with van der Waals surface area (Å²) in [5, 5.41) is 16.4. The van der Waals surface area contributed by atoms with Crippen LogP contribution < -0.4 is 4.90 Å². The Morgan fingerprint density at radius 2 is 1.94 bits per heavy atom. The predicted molar refractivity (Wildman–Crippen MR) is 61.6 cm³/mol. The van der Waals surface area contributed by atoms with Gasteiger partial charge < -0.3 is 14.7 Å². The number of rotatable bonds is 2. The summed E-state index contributed by atoms with van der Waals surface area (Å²) in [6, 6.07) is 1.80. The van der Waals surface area contributed by atoms with E-state index in [0.29, 0.717) is 19.0 Å². The van der Waals surface area contributed by atoms with Crippen molar-refractivity contribution in [2.75, 3.05) is 31.2 Å². The molecule has 1 saturated heterocycles. The summed E-state index contributed by atoms with van der Waals surface area (Å²) in [4.78, 5) is 10.4. The second-order valence-electron chi connectivity index (χ2n) is 3.86. The van der Waals surface area contributed by atoms with E-state index < -0.39 is 0 Å². The third-order valence-corrected chi connectivity index (χ3v) is 2.69. The second kappa shape index (κ2) is 4.57. The van der Waals surface area contributed by atoms with Crippen LogP contribution in [0.25, 0.3) is 5.82 Å². The number of aromatic nitrogens is 5. The molecule has 0 aliphatic carbocycles. The van der Waals surface area contributed by atoms with E-state index in [1.165, 1.54) is 17.2 Å². The van der Waals surface area contributed by atoms with Crippen molar-refractivity contribution in [2.24, 2.45) is 0 Å². The van der Waals surface area contributed by atoms with Crippen LogP contribution in [0.3, 0.4) is 0 Å². The minimum Gasteiger partial charge on any atom is -0.491 e. The zero-order valence-corrected chi connectivity index (χ0v) is 9.60. The molecule has 94 valence electrons. The summed E-state index contributed by atoms with van der Waals surface area (Å²) in [7, 11) is 0. The number of morpholine rings is 1. The normalized spacial score (nSPS) is 15.9. The second-order valence-corrected chi connectivity index (χ2v) is 3.86. The molecule has 0 amide bonds. The van der Waals surface area contributed by atoms with E-state index >= 15 is 0 Å². The van der Waals surface area contributed by atoms with Crippen LogP contribution in [-0.2, 0) is 4.74 Å². The predicted octanol–water partition coefficient (Wildman–Crippen LogP) is -0.401. The van der Waals surface area contributed by atoms with Crippen molar-refractivity contribution < 1.29 is 9.84 Å². The van der Waals surface area contributed by atoms with Gasteiger partial charge in [0.25, 0.3) is 5.88 Å². The van der Waals surface area contributed by atoms with Crippen LogP contribution in [0.15, 0.2) is 18.6 Å². The van der Waals surface area contributed by atoms with Crippen molar-refractivity contribution in [3.63, 3.8) is 0 Å². The molecule has 0 spiro atoms. The molecule has 2 aromatic rings. The van der Waals surface area contributed by atoms with Gasteiger partial charge in [0.1, 0.15) is 12.1 Å². The summed E-state index contributed by atoms with van der Waals surface area (Å²) in [6.45, 7) is 3.00. The lowest BCUT2D eigenvalue weighted by Gasteiger charge is -2.27. The van der Waals surface area contributed by atoms with Crippen molar-refractivity contribution in [3.8, 4) is 11.7 Å². The van der Waals surface area contributed by atoms with Gasteiger partial charge in [0.2, 0.25) is 0 Å². The zero-order chi connectivity index (χ0) is 12.4. The molecule has 0 radical (unpaired) electrons. The lowest BCUT2D eigenvalue weighted by molar-refractivity contribution is 0.122. The highest BCUT2D eigenvalue weighted by Gasteiger charge is 2.13. The summed E-state index contributed by atoms with van der Waals surface area (Å²) >= 11 is 0. The number of hydrogen-bond acceptors (Lipinski definition) is 7. The van der Waals surface area contributed by atoms with Gasteiger partial charge in [0.15, 0.2) is 5.82 Å². The number of hydrogen-bond donors (Lipinski definition) is 1. The van der Waals surface area contributed by atoms with Crippen molar-refractivity contribution in [1.29, 1.82) is 0 Å². The van der Waals surface area contributed by atoms with Crippen LogP contribution in [0.1, 0.15) is 0 Å². The molecule has 3 rings (SSSR count). The standard InChI is InChI=1S/C10H12N6O2/c17-10-6-16(14-13-10)9-5-8(11-7-12-9)15-1-3-18-4-2-15/h5-7,17H,1-4H2. The lowest BCUT2D eigenvalue weighted by Crippen LogP contribution is -2.36. The molecule has 0 bridgehead atoms. The van der Waals surface area contributed by atoms with Crippen LogP contribution in [-0.4, -0.2) is 56.4 Å². The average Bonchev–Trinajstić information content (AvgIpc) is 2.87. The average molecular weight is 248 g/mol. The van der Waals surface area contributed by atoms with E-state index in [0.717, 1.165) is 18.9 Å². The fourth-order valence-corrected chi connectivity index (χ4v) is 1.79. The minimum atomic E-state index is -0.137. The molecule has 8 heteroatoms. The molecule has 0 aromatic carbocycles. The minimum absolute atomic E-state index is 0.137. The topological polar surface area (TPSA) is 89.2 Å². The first kappa shape index (κ1) is 10.9. The zero-order valence-electron chi connectivity index (χ0n) is 9.60. The number of ether oxygens (including phenoxy) is 1. The Morgan fingerprint density at radius 1 is 1.17 bits per heavy atom. The first-order valence-corrected chi connectivity index (χ1v) is 5.59. The molecular weight excluding hydrogens is 236 g/mol. The van der Waals surface area contributed by atoms with Gasteiger partial charge in [-0.3, -0.25) is 0 Å². The van der Waals surface area contributed by atoms with Crippen LogP contribution in [0.5, 0.6) is 5.88 Å². The number of nitrogens with zero attached hydrogens (tertiary/aromatic N) is 6. The fraction of sp³-hybridized carbons (Fsp3) is 0.400. The van der Waals surface area contributed by atoms with Crippen LogP contribution in [0.2, 0.25) is 0 Å². The molecule has 1 fully saturated rings.